The minimum Gasteiger partial charge on any atom is -0.462 e. The van der Waals surface area contributed by atoms with E-state index in [1.807, 2.05) is 0 Å². The lowest BCUT2D eigenvalue weighted by molar-refractivity contribution is -0.176. The molecule has 6 N–H and O–H groups in total. The summed E-state index contributed by atoms with van der Waals surface area (Å²) in [6.45, 7) is 27.6. The van der Waals surface area contributed by atoms with Gasteiger partial charge < -0.3 is 89.7 Å². The van der Waals surface area contributed by atoms with E-state index < -0.39 is 233 Å². The number of rotatable bonds is 15. The first-order valence-electron chi connectivity index (χ1n) is 37.3. The van der Waals surface area contributed by atoms with Crippen LogP contribution in [-0.4, -0.2) is 308 Å². The van der Waals surface area contributed by atoms with Gasteiger partial charge in [-0.1, -0.05) is 121 Å². The third-order valence-corrected chi connectivity index (χ3v) is 21.5. The second-order valence-electron chi connectivity index (χ2n) is 32.6. The number of para-hydroxylation sites is 1. The van der Waals surface area contributed by atoms with E-state index in [0.29, 0.717) is 22.6 Å². The summed E-state index contributed by atoms with van der Waals surface area (Å²) in [6.07, 6.45) is -5.15. The highest BCUT2D eigenvalue weighted by Gasteiger charge is 2.61. The van der Waals surface area contributed by atoms with Crippen molar-refractivity contribution in [2.24, 2.45) is 41.4 Å². The van der Waals surface area contributed by atoms with Crippen molar-refractivity contribution < 1.29 is 91.9 Å². The van der Waals surface area contributed by atoms with Crippen LogP contribution in [0.25, 0.3) is 0 Å². The SMILES string of the molecule is CC[C@H](C)[C@@H]1NC(=O)[C@H](C(C)C)N(C)C(=O)[C@@H]2C[C@@]3(O)c4ccccc4N[C@H]3N2C(=O)CN(C)C(=O)[C@H]([C@@H](C)CC)N(C)C(=O)[C@H](C(C)C)NC(=O)[C@@H](OC(C)=O)N(C)C(=O)[C@H]([C@@H](C)C(C)OC(=O)CC(C)(C)O)N(C)C(=O)[C@H](C(C)(C)O)N(C)C(=O)CN(C)C(=O)[C@H](C(C)C)N(C)C(=O)[C@H](C(C)C)N(C)C1=O. The summed E-state index contributed by atoms with van der Waals surface area (Å²) >= 11 is 0. The number of anilines is 1. The molecule has 3 heterocycles. The molecule has 32 heteroatoms. The fourth-order valence-electron chi connectivity index (χ4n) is 15.0. The van der Waals surface area contributed by atoms with Crippen molar-refractivity contribution in [2.45, 2.75) is 247 Å². The lowest BCUT2D eigenvalue weighted by Crippen LogP contribution is -2.65. The number of likely N-dealkylation sites (N-methyl/N-ethyl adjacent to an activating group) is 9. The summed E-state index contributed by atoms with van der Waals surface area (Å²) < 4.78 is 11.3. The third-order valence-electron chi connectivity index (χ3n) is 21.5. The zero-order valence-corrected chi connectivity index (χ0v) is 68.9. The number of aliphatic hydroxyl groups is 3. The topological polar surface area (TPSA) is 387 Å². The molecule has 0 radical (unpaired) electrons. The van der Waals surface area contributed by atoms with Gasteiger partial charge in [0.1, 0.15) is 72.2 Å². The third kappa shape index (κ3) is 20.5. The monoisotopic (exact) mass is 1520 g/mol. The summed E-state index contributed by atoms with van der Waals surface area (Å²) in [4.78, 5) is 219. The van der Waals surface area contributed by atoms with E-state index in [4.69, 9.17) is 9.47 Å². The number of esters is 2. The number of nitrogens with zero attached hydrogens (tertiary/aromatic N) is 10. The van der Waals surface area contributed by atoms with Crippen molar-refractivity contribution >= 4 is 88.5 Å². The summed E-state index contributed by atoms with van der Waals surface area (Å²) in [5.41, 5.74) is -4.82. The van der Waals surface area contributed by atoms with Crippen LogP contribution in [0.1, 0.15) is 163 Å². The molecule has 0 aromatic heterocycles. The lowest BCUT2D eigenvalue weighted by atomic mass is 9.90. The second kappa shape index (κ2) is 36.8. The van der Waals surface area contributed by atoms with Crippen LogP contribution in [0.2, 0.25) is 0 Å². The first kappa shape index (κ1) is 91.9. The Morgan fingerprint density at radius 1 is 0.519 bits per heavy atom. The van der Waals surface area contributed by atoms with Gasteiger partial charge >= 0.3 is 11.9 Å². The number of benzene rings is 1. The van der Waals surface area contributed by atoms with Gasteiger partial charge in [0.05, 0.1) is 30.7 Å². The predicted octanol–water partition coefficient (Wildman–Crippen LogP) is 1.65. The minimum absolute atomic E-state index is 0.277. The van der Waals surface area contributed by atoms with Gasteiger partial charge in [-0.25, -0.2) is 0 Å². The number of ether oxygens (including phenoxy) is 2. The van der Waals surface area contributed by atoms with Gasteiger partial charge in [0.25, 0.3) is 12.1 Å². The molecular formula is C76H125N13O19. The summed E-state index contributed by atoms with van der Waals surface area (Å²) in [5, 5.41) is 44.1. The molecule has 4 rings (SSSR count). The molecule has 2 fully saturated rings. The molecular weight excluding hydrogens is 1400 g/mol. The fraction of sp³-hybridized carbons (Fsp3) is 0.737. The first-order chi connectivity index (χ1) is 49.6. The maximum Gasteiger partial charge on any atom is 0.308 e. The molecule has 32 nitrogen and oxygen atoms in total. The van der Waals surface area contributed by atoms with Crippen LogP contribution in [0.4, 0.5) is 5.69 Å². The quantitative estimate of drug-likeness (QED) is 0.136. The van der Waals surface area contributed by atoms with Crippen LogP contribution in [-0.2, 0) is 82.2 Å². The summed E-state index contributed by atoms with van der Waals surface area (Å²) in [6, 6.07) is -6.71. The Morgan fingerprint density at radius 3 is 1.45 bits per heavy atom. The van der Waals surface area contributed by atoms with Crippen LogP contribution < -0.4 is 16.0 Å². The Hall–Kier alpha value is -8.52. The molecule has 1 unspecified atom stereocenters. The van der Waals surface area contributed by atoms with Crippen molar-refractivity contribution in [1.29, 1.82) is 0 Å². The van der Waals surface area contributed by atoms with Gasteiger partial charge in [-0.2, -0.15) is 0 Å². The smallest absolute Gasteiger partial charge is 0.308 e. The zero-order chi connectivity index (χ0) is 83.1. The Kier molecular flexibility index (Phi) is 31.3. The molecule has 608 valence electrons. The Morgan fingerprint density at radius 2 is 0.963 bits per heavy atom. The van der Waals surface area contributed by atoms with E-state index in [9.17, 15) is 34.5 Å². The average Bonchev–Trinajstić information content (AvgIpc) is 1.55. The molecule has 0 saturated carbocycles. The molecule has 12 amide bonds. The lowest BCUT2D eigenvalue weighted by Gasteiger charge is -2.43. The normalized spacial score (nSPS) is 27.7. The Balaban J connectivity index is 2.04. The van der Waals surface area contributed by atoms with E-state index in [0.717, 1.165) is 55.3 Å². The Labute approximate surface area is 637 Å². The van der Waals surface area contributed by atoms with E-state index in [-0.39, 0.29) is 12.8 Å². The van der Waals surface area contributed by atoms with Crippen molar-refractivity contribution in [1.82, 2.24) is 59.6 Å². The number of hydrogen-bond donors (Lipinski definition) is 6. The van der Waals surface area contributed by atoms with Gasteiger partial charge in [0.15, 0.2) is 0 Å². The highest BCUT2D eigenvalue weighted by Crippen LogP contribution is 2.50. The molecule has 1 aromatic rings. The average molecular weight is 1520 g/mol. The van der Waals surface area contributed by atoms with Crippen LogP contribution in [0.15, 0.2) is 24.3 Å². The molecule has 1 aromatic carbocycles. The van der Waals surface area contributed by atoms with Crippen LogP contribution in [0.5, 0.6) is 0 Å². The van der Waals surface area contributed by atoms with Crippen molar-refractivity contribution in [2.75, 3.05) is 81.8 Å². The van der Waals surface area contributed by atoms with Crippen molar-refractivity contribution in [3.63, 3.8) is 0 Å². The molecule has 3 aliphatic heterocycles. The summed E-state index contributed by atoms with van der Waals surface area (Å²) in [7, 11) is 11.4. The molecule has 3 aliphatic rings. The molecule has 0 bridgehead atoms. The van der Waals surface area contributed by atoms with Gasteiger partial charge in [0.2, 0.25) is 65.0 Å². The minimum atomic E-state index is -2.25. The van der Waals surface area contributed by atoms with Crippen molar-refractivity contribution in [3.05, 3.63) is 29.8 Å². The largest absolute Gasteiger partial charge is 0.462 e. The molecule has 0 spiro atoms. The fourth-order valence-corrected chi connectivity index (χ4v) is 15.0. The van der Waals surface area contributed by atoms with E-state index >= 15 is 47.9 Å². The highest BCUT2D eigenvalue weighted by molar-refractivity contribution is 6.01. The van der Waals surface area contributed by atoms with E-state index in [1.54, 1.807) is 107 Å². The standard InChI is InChI=1S/C76H125N13O19/c1-29-43(11)55-66(98)84(24)58(42(9)10)69(101)85(25)57(41(7)8)67(99)80(20)37-51(91)82(22)61(75(18,19)105)71(103)87(27)60(45(13)46(14)107-53(93)36-74(16,17)104)70(102)88(28)72(108-47(15)90)63(95)78-54(39(3)4)65(97)86(26)59(44(12)30-2)68(100)81(21)38-52(92)89-50(64(96)83(23)56(40(5)6)62(94)79-55)35-76(106)48-33-31-32-34-49(48)77-73(76)89/h31-34,39-46,50,54-61,72-73,77,104-106H,29-30,35-38H2,1-28H3,(H,78,95)(H,79,94)/t43-,44-,45-,46?,50-,54-,55-,56-,57-,58-,59-,60-,61+,72+,73-,76+/m0/s1. The first-order valence-corrected chi connectivity index (χ1v) is 37.3. The number of hydrogen-bond acceptors (Lipinski definition) is 20. The van der Waals surface area contributed by atoms with E-state index in [1.165, 1.54) is 101 Å². The van der Waals surface area contributed by atoms with Crippen LogP contribution in [0.3, 0.4) is 0 Å². The number of carbonyl (C=O) groups is 14. The molecule has 0 aliphatic carbocycles. The number of fused-ring (bicyclic) bond motifs is 5. The number of amides is 12. The van der Waals surface area contributed by atoms with Gasteiger partial charge in [-0.3, -0.25) is 67.1 Å². The van der Waals surface area contributed by atoms with E-state index in [2.05, 4.69) is 16.0 Å². The van der Waals surface area contributed by atoms with Crippen LogP contribution >= 0.6 is 0 Å². The Bertz CT molecular complexity index is 3480. The summed E-state index contributed by atoms with van der Waals surface area (Å²) in [5.74, 6) is -17.9. The van der Waals surface area contributed by atoms with Gasteiger partial charge in [-0.05, 0) is 76.2 Å². The highest BCUT2D eigenvalue weighted by atomic mass is 16.6. The molecule has 16 atom stereocenters. The maximum absolute atomic E-state index is 15.6. The number of carbonyl (C=O) groups excluding carboxylic acids is 14. The van der Waals surface area contributed by atoms with Gasteiger partial charge in [0, 0.05) is 93.9 Å². The second-order valence-corrected chi connectivity index (χ2v) is 32.6. The number of nitrogens with one attached hydrogen (secondary N) is 3. The van der Waals surface area contributed by atoms with Crippen LogP contribution in [0, 0.1) is 41.4 Å². The van der Waals surface area contributed by atoms with Gasteiger partial charge in [-0.15, -0.1) is 0 Å². The molecule has 2 saturated heterocycles. The maximum atomic E-state index is 15.6. The predicted molar refractivity (Wildman–Crippen MR) is 400 cm³/mol. The molecule has 108 heavy (non-hydrogen) atoms. The zero-order valence-electron chi connectivity index (χ0n) is 68.9. The van der Waals surface area contributed by atoms with Crippen molar-refractivity contribution in [3.8, 4) is 0 Å².